The highest BCUT2D eigenvalue weighted by molar-refractivity contribution is 5.31. The van der Waals surface area contributed by atoms with E-state index in [4.69, 9.17) is 15.9 Å². The summed E-state index contributed by atoms with van der Waals surface area (Å²) in [5.74, 6) is -0.585. The Morgan fingerprint density at radius 3 is 2.62 bits per heavy atom. The zero-order valence-electron chi connectivity index (χ0n) is 7.24. The number of nitrogens with two attached hydrogens (primary N) is 1. The van der Waals surface area contributed by atoms with Gasteiger partial charge < -0.3 is 15.9 Å². The van der Waals surface area contributed by atoms with Gasteiger partial charge >= 0.3 is 0 Å². The molecule has 0 saturated heterocycles. The van der Waals surface area contributed by atoms with Gasteiger partial charge in [0.1, 0.15) is 11.6 Å². The molecule has 4 heteroatoms. The van der Waals surface area contributed by atoms with E-state index in [0.29, 0.717) is 0 Å². The zero-order chi connectivity index (χ0) is 10.0. The van der Waals surface area contributed by atoms with Gasteiger partial charge in [0.2, 0.25) is 0 Å². The highest BCUT2D eigenvalue weighted by atomic mass is 19.1. The minimum absolute atomic E-state index is 0.0625. The summed E-state index contributed by atoms with van der Waals surface area (Å²) < 4.78 is 13.1. The van der Waals surface area contributed by atoms with Gasteiger partial charge in [-0.15, -0.1) is 0 Å². The minimum Gasteiger partial charge on any atom is -0.508 e. The average molecular weight is 185 g/mol. The van der Waals surface area contributed by atoms with Gasteiger partial charge in [0.25, 0.3) is 0 Å². The molecule has 1 aromatic rings. The molecule has 72 valence electrons. The maximum absolute atomic E-state index is 13.1. The van der Waals surface area contributed by atoms with Crippen molar-refractivity contribution in [2.75, 3.05) is 0 Å². The molecule has 0 radical (unpaired) electrons. The van der Waals surface area contributed by atoms with E-state index in [9.17, 15) is 4.39 Å². The summed E-state index contributed by atoms with van der Waals surface area (Å²) in [6.07, 6.45) is -0.851. The number of benzene rings is 1. The van der Waals surface area contributed by atoms with Crippen LogP contribution >= 0.6 is 0 Å². The summed E-state index contributed by atoms with van der Waals surface area (Å²) in [6.45, 7) is 1.47. The third-order valence-electron chi connectivity index (χ3n) is 1.86. The average Bonchev–Trinajstić information content (AvgIpc) is 2.08. The van der Waals surface area contributed by atoms with Crippen LogP contribution in [-0.4, -0.2) is 16.3 Å². The first kappa shape index (κ1) is 9.95. The van der Waals surface area contributed by atoms with E-state index in [2.05, 4.69) is 0 Å². The van der Waals surface area contributed by atoms with Crippen LogP contribution in [0.15, 0.2) is 18.2 Å². The fourth-order valence-electron chi connectivity index (χ4n) is 1.05. The molecule has 1 aromatic carbocycles. The van der Waals surface area contributed by atoms with Crippen molar-refractivity contribution in [2.45, 2.75) is 19.1 Å². The molecule has 0 aliphatic rings. The van der Waals surface area contributed by atoms with E-state index < -0.39 is 18.0 Å². The lowest BCUT2D eigenvalue weighted by molar-refractivity contribution is 0.162. The van der Waals surface area contributed by atoms with Gasteiger partial charge in [0, 0.05) is 5.56 Å². The molecule has 0 fully saturated rings. The molecule has 0 bridgehead atoms. The first-order valence-electron chi connectivity index (χ1n) is 3.94. The van der Waals surface area contributed by atoms with Crippen molar-refractivity contribution in [2.24, 2.45) is 5.73 Å². The molecule has 13 heavy (non-hydrogen) atoms. The topological polar surface area (TPSA) is 66.5 Å². The van der Waals surface area contributed by atoms with Gasteiger partial charge in [-0.1, -0.05) is 0 Å². The second-order valence-corrected chi connectivity index (χ2v) is 2.97. The van der Waals surface area contributed by atoms with Gasteiger partial charge in [0.15, 0.2) is 0 Å². The summed E-state index contributed by atoms with van der Waals surface area (Å²) in [6, 6.07) is 2.75. The zero-order valence-corrected chi connectivity index (χ0v) is 7.24. The summed E-state index contributed by atoms with van der Waals surface area (Å²) in [4.78, 5) is 0. The summed E-state index contributed by atoms with van der Waals surface area (Å²) in [5.41, 5.74) is 5.63. The predicted molar refractivity (Wildman–Crippen MR) is 46.7 cm³/mol. The number of hydrogen-bond donors (Lipinski definition) is 3. The molecule has 1 rings (SSSR count). The second-order valence-electron chi connectivity index (χ2n) is 2.97. The maximum Gasteiger partial charge on any atom is 0.128 e. The van der Waals surface area contributed by atoms with Crippen LogP contribution in [0.5, 0.6) is 5.75 Å². The number of phenolic OH excluding ortho intramolecular Hbond substituents is 1. The molecule has 0 aliphatic carbocycles. The molecule has 0 heterocycles. The van der Waals surface area contributed by atoms with Crippen LogP contribution in [0.2, 0.25) is 0 Å². The number of hydrogen-bond acceptors (Lipinski definition) is 3. The van der Waals surface area contributed by atoms with Crippen LogP contribution in [-0.2, 0) is 0 Å². The summed E-state index contributed by atoms with van der Waals surface area (Å²) >= 11 is 0. The van der Waals surface area contributed by atoms with Crippen LogP contribution in [0.25, 0.3) is 0 Å². The summed E-state index contributed by atoms with van der Waals surface area (Å²) in [5, 5.41) is 18.2. The normalized spacial score (nSPS) is 15.4. The van der Waals surface area contributed by atoms with Crippen molar-refractivity contribution in [3.05, 3.63) is 29.6 Å². The molecule has 0 amide bonds. The first-order chi connectivity index (χ1) is 6.02. The Bertz CT molecular complexity index is 302. The van der Waals surface area contributed by atoms with Crippen LogP contribution < -0.4 is 5.73 Å². The smallest absolute Gasteiger partial charge is 0.128 e. The Labute approximate surface area is 75.6 Å². The third kappa shape index (κ3) is 2.17. The predicted octanol–water partition coefficient (Wildman–Crippen LogP) is 0.912. The van der Waals surface area contributed by atoms with Crippen LogP contribution in [0.4, 0.5) is 4.39 Å². The van der Waals surface area contributed by atoms with E-state index in [-0.39, 0.29) is 11.3 Å². The molecule has 0 aliphatic heterocycles. The van der Waals surface area contributed by atoms with Crippen molar-refractivity contribution >= 4 is 0 Å². The van der Waals surface area contributed by atoms with Crippen LogP contribution in [0.3, 0.4) is 0 Å². The monoisotopic (exact) mass is 185 g/mol. The molecular formula is C9H12FNO2. The number of halogens is 1. The lowest BCUT2D eigenvalue weighted by atomic mass is 10.0. The Morgan fingerprint density at radius 1 is 1.46 bits per heavy atom. The second kappa shape index (κ2) is 3.72. The summed E-state index contributed by atoms with van der Waals surface area (Å²) in [7, 11) is 0. The fraction of sp³-hybridized carbons (Fsp3) is 0.333. The molecule has 3 nitrogen and oxygen atoms in total. The van der Waals surface area contributed by atoms with E-state index in [1.165, 1.54) is 19.1 Å². The van der Waals surface area contributed by atoms with Crippen molar-refractivity contribution in [1.29, 1.82) is 0 Å². The Morgan fingerprint density at radius 2 is 2.08 bits per heavy atom. The van der Waals surface area contributed by atoms with Gasteiger partial charge in [-0.2, -0.15) is 0 Å². The Hall–Kier alpha value is -1.13. The van der Waals surface area contributed by atoms with E-state index in [0.717, 1.165) is 6.07 Å². The number of aromatic hydroxyl groups is 1. The van der Waals surface area contributed by atoms with E-state index in [1.807, 2.05) is 0 Å². The lowest BCUT2D eigenvalue weighted by Crippen LogP contribution is -2.24. The maximum atomic E-state index is 13.1. The third-order valence-corrected chi connectivity index (χ3v) is 1.86. The quantitative estimate of drug-likeness (QED) is 0.641. The number of phenols is 1. The molecule has 2 atom stereocenters. The van der Waals surface area contributed by atoms with Crippen LogP contribution in [0.1, 0.15) is 18.5 Å². The molecule has 0 spiro atoms. The Balaban J connectivity index is 3.05. The van der Waals surface area contributed by atoms with Gasteiger partial charge in [-0.05, 0) is 25.1 Å². The molecule has 0 aromatic heterocycles. The van der Waals surface area contributed by atoms with Crippen LogP contribution in [0, 0.1) is 5.82 Å². The van der Waals surface area contributed by atoms with E-state index >= 15 is 0 Å². The number of aliphatic hydroxyl groups is 1. The largest absolute Gasteiger partial charge is 0.508 e. The molecule has 4 N–H and O–H groups in total. The van der Waals surface area contributed by atoms with Gasteiger partial charge in [0.05, 0.1) is 12.1 Å². The molecule has 0 saturated carbocycles. The molecular weight excluding hydrogens is 173 g/mol. The highest BCUT2D eigenvalue weighted by Crippen LogP contribution is 2.22. The lowest BCUT2D eigenvalue weighted by Gasteiger charge is -2.15. The van der Waals surface area contributed by atoms with Gasteiger partial charge in [-0.25, -0.2) is 4.39 Å². The minimum atomic E-state index is -0.851. The standard InChI is InChI=1S/C9H12FNO2/c1-5(12)9(11)7-4-6(13)2-3-8(7)10/h2-5,9,12-13H,11H2,1H3/t5-,9+/m0/s1. The Kier molecular flexibility index (Phi) is 2.85. The van der Waals surface area contributed by atoms with E-state index in [1.54, 1.807) is 0 Å². The SMILES string of the molecule is C[C@H](O)[C@@H](N)c1cc(O)ccc1F. The van der Waals surface area contributed by atoms with Crippen molar-refractivity contribution < 1.29 is 14.6 Å². The first-order valence-corrected chi connectivity index (χ1v) is 3.94. The van der Waals surface area contributed by atoms with Crippen molar-refractivity contribution in [3.8, 4) is 5.75 Å². The highest BCUT2D eigenvalue weighted by Gasteiger charge is 2.16. The van der Waals surface area contributed by atoms with Crippen molar-refractivity contribution in [1.82, 2.24) is 0 Å². The van der Waals surface area contributed by atoms with Gasteiger partial charge in [-0.3, -0.25) is 0 Å². The number of rotatable bonds is 2. The number of aliphatic hydroxyl groups excluding tert-OH is 1. The molecule has 0 unspecified atom stereocenters. The van der Waals surface area contributed by atoms with Crippen molar-refractivity contribution in [3.63, 3.8) is 0 Å². The fourth-order valence-corrected chi connectivity index (χ4v) is 1.05.